The number of carbonyl (C=O) groups excluding carboxylic acids is 1. The monoisotopic (exact) mass is 333 g/mol. The normalized spacial score (nSPS) is 18.2. The Labute approximate surface area is 138 Å². The summed E-state index contributed by atoms with van der Waals surface area (Å²) in [4.78, 5) is 24.7. The lowest BCUT2D eigenvalue weighted by Crippen LogP contribution is -2.20. The molecular formula is C16H19N3OS2. The summed E-state index contributed by atoms with van der Waals surface area (Å²) >= 11 is 3.22. The number of hydrogen-bond acceptors (Lipinski definition) is 6. The lowest BCUT2D eigenvalue weighted by molar-refractivity contribution is -0.121. The van der Waals surface area contributed by atoms with Crippen LogP contribution in [0.4, 0.5) is 0 Å². The summed E-state index contributed by atoms with van der Waals surface area (Å²) in [6.45, 7) is 8.77. The highest BCUT2D eigenvalue weighted by molar-refractivity contribution is 7.16. The van der Waals surface area contributed by atoms with Gasteiger partial charge >= 0.3 is 0 Å². The lowest BCUT2D eigenvalue weighted by Gasteiger charge is -2.10. The molecular weight excluding hydrogens is 314 g/mol. The van der Waals surface area contributed by atoms with Gasteiger partial charge in [-0.2, -0.15) is 0 Å². The van der Waals surface area contributed by atoms with E-state index in [0.29, 0.717) is 6.42 Å². The van der Waals surface area contributed by atoms with E-state index in [0.717, 1.165) is 44.9 Å². The van der Waals surface area contributed by atoms with E-state index in [2.05, 4.69) is 21.4 Å². The van der Waals surface area contributed by atoms with Crippen molar-refractivity contribution in [3.63, 3.8) is 0 Å². The third-order valence-corrected chi connectivity index (χ3v) is 5.93. The van der Waals surface area contributed by atoms with Crippen molar-refractivity contribution in [2.75, 3.05) is 13.6 Å². The molecule has 0 saturated carbocycles. The summed E-state index contributed by atoms with van der Waals surface area (Å²) in [7, 11) is 1.99. The summed E-state index contributed by atoms with van der Waals surface area (Å²) in [6.07, 6.45) is 1.20. The number of likely N-dealkylation sites (tertiary alicyclic amines) is 1. The first-order valence-corrected chi connectivity index (χ1v) is 8.94. The van der Waals surface area contributed by atoms with Gasteiger partial charge in [0.2, 0.25) is 0 Å². The largest absolute Gasteiger partial charge is 0.378 e. The molecule has 1 saturated heterocycles. The number of hydrogen-bond donors (Lipinski definition) is 0. The Bertz CT molecular complexity index is 732. The average molecular weight is 333 g/mol. The van der Waals surface area contributed by atoms with Crippen LogP contribution in [0.3, 0.4) is 0 Å². The van der Waals surface area contributed by atoms with E-state index in [4.69, 9.17) is 0 Å². The maximum Gasteiger partial charge on any atom is 0.144 e. The smallest absolute Gasteiger partial charge is 0.144 e. The van der Waals surface area contributed by atoms with Crippen molar-refractivity contribution < 1.29 is 4.79 Å². The molecule has 0 spiro atoms. The fourth-order valence-corrected chi connectivity index (χ4v) is 4.49. The highest BCUT2D eigenvalue weighted by atomic mass is 32.1. The maximum absolute atomic E-state index is 12.4. The van der Waals surface area contributed by atoms with Gasteiger partial charge in [-0.3, -0.25) is 4.79 Å². The van der Waals surface area contributed by atoms with Crippen molar-refractivity contribution in [1.82, 2.24) is 14.9 Å². The van der Waals surface area contributed by atoms with Gasteiger partial charge in [-0.1, -0.05) is 6.58 Å². The number of aryl methyl sites for hydroxylation is 2. The van der Waals surface area contributed by atoms with Gasteiger partial charge < -0.3 is 4.90 Å². The van der Waals surface area contributed by atoms with Crippen LogP contribution in [0.5, 0.6) is 0 Å². The zero-order chi connectivity index (χ0) is 15.9. The summed E-state index contributed by atoms with van der Waals surface area (Å²) in [5.74, 6) is 0.334. The number of nitrogens with zero attached hydrogens (tertiary/aromatic N) is 3. The van der Waals surface area contributed by atoms with Crippen LogP contribution in [0.25, 0.3) is 10.6 Å². The van der Waals surface area contributed by atoms with Crippen molar-refractivity contribution in [2.45, 2.75) is 26.7 Å². The molecule has 0 aliphatic carbocycles. The van der Waals surface area contributed by atoms with E-state index in [9.17, 15) is 4.79 Å². The second-order valence-electron chi connectivity index (χ2n) is 5.76. The van der Waals surface area contributed by atoms with E-state index in [1.165, 1.54) is 0 Å². The van der Waals surface area contributed by atoms with Gasteiger partial charge in [-0.05, 0) is 20.3 Å². The standard InChI is InChI=1S/C16H19N3OS2/c1-9-5-12(7-19(9)4)14(20)6-15-18-13(8-21-15)16-10(2)17-11(3)22-16/h8,12H,1,5-7H2,2-4H3. The van der Waals surface area contributed by atoms with Gasteiger partial charge in [0.15, 0.2) is 0 Å². The molecule has 2 aromatic heterocycles. The summed E-state index contributed by atoms with van der Waals surface area (Å²) in [5.41, 5.74) is 3.01. The predicted molar refractivity (Wildman–Crippen MR) is 91.3 cm³/mol. The number of allylic oxidation sites excluding steroid dienone is 1. The molecule has 22 heavy (non-hydrogen) atoms. The minimum atomic E-state index is 0.0669. The third-order valence-electron chi connectivity index (χ3n) is 3.98. The molecule has 3 rings (SSSR count). The Hall–Kier alpha value is -1.53. The molecule has 6 heteroatoms. The molecule has 4 nitrogen and oxygen atoms in total. The van der Waals surface area contributed by atoms with Crippen molar-refractivity contribution >= 4 is 28.5 Å². The van der Waals surface area contributed by atoms with Crippen molar-refractivity contribution in [3.05, 3.63) is 33.4 Å². The number of aromatic nitrogens is 2. The summed E-state index contributed by atoms with van der Waals surface area (Å²) in [5, 5.41) is 3.97. The van der Waals surface area contributed by atoms with E-state index in [1.807, 2.05) is 26.3 Å². The van der Waals surface area contributed by atoms with Crippen molar-refractivity contribution in [2.24, 2.45) is 5.92 Å². The Kier molecular flexibility index (Phi) is 4.14. The zero-order valence-corrected chi connectivity index (χ0v) is 14.7. The summed E-state index contributed by atoms with van der Waals surface area (Å²) < 4.78 is 0. The number of ketones is 1. The number of rotatable bonds is 4. The number of carbonyl (C=O) groups is 1. The first kappa shape index (κ1) is 15.4. The van der Waals surface area contributed by atoms with Crippen molar-refractivity contribution in [3.8, 4) is 10.6 Å². The number of thiazole rings is 2. The molecule has 1 unspecified atom stereocenters. The second kappa shape index (κ2) is 5.93. The molecule has 0 bridgehead atoms. The van der Waals surface area contributed by atoms with Crippen LogP contribution in [-0.2, 0) is 11.2 Å². The highest BCUT2D eigenvalue weighted by Gasteiger charge is 2.28. The Morgan fingerprint density at radius 3 is 2.82 bits per heavy atom. The van der Waals surface area contributed by atoms with Crippen LogP contribution in [0.15, 0.2) is 17.7 Å². The van der Waals surface area contributed by atoms with E-state index in [1.54, 1.807) is 22.7 Å². The fraction of sp³-hybridized carbons (Fsp3) is 0.438. The molecule has 0 amide bonds. The lowest BCUT2D eigenvalue weighted by atomic mass is 10.0. The van der Waals surface area contributed by atoms with Gasteiger partial charge in [0, 0.05) is 30.6 Å². The van der Waals surface area contributed by atoms with Crippen LogP contribution in [0, 0.1) is 19.8 Å². The van der Waals surface area contributed by atoms with Crippen LogP contribution in [0.1, 0.15) is 22.1 Å². The SMILES string of the molecule is C=C1CC(C(=O)Cc2nc(-c3sc(C)nc3C)cs2)CN1C. The number of Topliss-reactive ketones (excluding diaryl/α,β-unsaturated/α-hetero) is 1. The molecule has 1 atom stereocenters. The minimum Gasteiger partial charge on any atom is -0.378 e. The Morgan fingerprint density at radius 2 is 2.23 bits per heavy atom. The summed E-state index contributed by atoms with van der Waals surface area (Å²) in [6, 6.07) is 0. The van der Waals surface area contributed by atoms with Crippen LogP contribution in [0.2, 0.25) is 0 Å². The maximum atomic E-state index is 12.4. The predicted octanol–water partition coefficient (Wildman–Crippen LogP) is 3.46. The third kappa shape index (κ3) is 2.98. The zero-order valence-electron chi connectivity index (χ0n) is 13.0. The molecule has 0 N–H and O–H groups in total. The Balaban J connectivity index is 1.71. The first-order valence-electron chi connectivity index (χ1n) is 7.24. The molecule has 0 radical (unpaired) electrons. The van der Waals surface area contributed by atoms with E-state index < -0.39 is 0 Å². The molecule has 0 aromatic carbocycles. The van der Waals surface area contributed by atoms with Gasteiger partial charge in [0.1, 0.15) is 10.8 Å². The van der Waals surface area contributed by atoms with Gasteiger partial charge in [0.05, 0.1) is 27.7 Å². The van der Waals surface area contributed by atoms with E-state index >= 15 is 0 Å². The topological polar surface area (TPSA) is 46.1 Å². The van der Waals surface area contributed by atoms with Crippen LogP contribution >= 0.6 is 22.7 Å². The first-order chi connectivity index (χ1) is 10.4. The molecule has 2 aromatic rings. The second-order valence-corrected chi connectivity index (χ2v) is 7.91. The van der Waals surface area contributed by atoms with Gasteiger partial charge in [0.25, 0.3) is 0 Å². The molecule has 1 aliphatic rings. The van der Waals surface area contributed by atoms with Crippen LogP contribution in [-0.4, -0.2) is 34.2 Å². The van der Waals surface area contributed by atoms with E-state index in [-0.39, 0.29) is 11.7 Å². The molecule has 1 fully saturated rings. The minimum absolute atomic E-state index is 0.0669. The molecule has 3 heterocycles. The molecule has 1 aliphatic heterocycles. The quantitative estimate of drug-likeness (QED) is 0.859. The van der Waals surface area contributed by atoms with Crippen LogP contribution < -0.4 is 0 Å². The highest BCUT2D eigenvalue weighted by Crippen LogP contribution is 2.31. The van der Waals surface area contributed by atoms with Gasteiger partial charge in [-0.15, -0.1) is 22.7 Å². The van der Waals surface area contributed by atoms with Crippen molar-refractivity contribution in [1.29, 1.82) is 0 Å². The van der Waals surface area contributed by atoms with Gasteiger partial charge in [-0.25, -0.2) is 9.97 Å². The average Bonchev–Trinajstić information content (AvgIpc) is 3.11. The fourth-order valence-electron chi connectivity index (χ4n) is 2.74. The Morgan fingerprint density at radius 1 is 1.45 bits per heavy atom. The molecule has 116 valence electrons.